The summed E-state index contributed by atoms with van der Waals surface area (Å²) in [6, 6.07) is 8.10. The number of benzene rings is 1. The van der Waals surface area contributed by atoms with E-state index in [0.717, 1.165) is 11.1 Å². The molecule has 76 valence electrons. The molecule has 0 aliphatic carbocycles. The Hall–Kier alpha value is -0.380. The summed E-state index contributed by atoms with van der Waals surface area (Å²) in [7, 11) is 0. The van der Waals surface area contributed by atoms with Crippen LogP contribution in [0.5, 0.6) is 0 Å². The van der Waals surface area contributed by atoms with Crippen molar-refractivity contribution in [1.29, 1.82) is 0 Å². The molecule has 2 rings (SSSR count). The first-order valence-corrected chi connectivity index (χ1v) is 5.53. The van der Waals surface area contributed by atoms with Gasteiger partial charge in [0.05, 0.1) is 19.3 Å². The Morgan fingerprint density at radius 3 is 2.93 bits per heavy atom. The molecular formula is C11H13BrO2. The third kappa shape index (κ3) is 2.56. The van der Waals surface area contributed by atoms with Crippen LogP contribution in [0.15, 0.2) is 28.7 Å². The predicted octanol–water partition coefficient (Wildman–Crippen LogP) is 2.75. The van der Waals surface area contributed by atoms with E-state index in [1.54, 1.807) is 0 Å². The second kappa shape index (κ2) is 4.43. The van der Waals surface area contributed by atoms with Gasteiger partial charge in [0.15, 0.2) is 0 Å². The molecule has 2 nitrogen and oxygen atoms in total. The van der Waals surface area contributed by atoms with Gasteiger partial charge in [-0.25, -0.2) is 0 Å². The largest absolute Gasteiger partial charge is 0.371 e. The molecule has 14 heavy (non-hydrogen) atoms. The number of hydrogen-bond acceptors (Lipinski definition) is 2. The van der Waals surface area contributed by atoms with E-state index in [9.17, 15) is 0 Å². The zero-order valence-electron chi connectivity index (χ0n) is 8.07. The van der Waals surface area contributed by atoms with E-state index in [1.807, 2.05) is 18.2 Å². The van der Waals surface area contributed by atoms with Crippen molar-refractivity contribution < 1.29 is 9.47 Å². The van der Waals surface area contributed by atoms with Crippen LogP contribution in [0, 0.1) is 0 Å². The molecule has 1 fully saturated rings. The first-order valence-electron chi connectivity index (χ1n) is 4.74. The van der Waals surface area contributed by atoms with Gasteiger partial charge in [-0.15, -0.1) is 0 Å². The van der Waals surface area contributed by atoms with Gasteiger partial charge < -0.3 is 9.47 Å². The van der Waals surface area contributed by atoms with Crippen LogP contribution >= 0.6 is 15.9 Å². The van der Waals surface area contributed by atoms with Crippen LogP contribution in [-0.2, 0) is 16.1 Å². The standard InChI is InChI=1S/C11H13BrO2/c1-8(11-7-14-11)13-6-9-4-2-3-5-10(9)12/h2-5,8,11H,6-7H2,1H3/t8-,11-/m0/s1. The molecule has 1 aromatic carbocycles. The molecule has 0 saturated carbocycles. The van der Waals surface area contributed by atoms with Crippen molar-refractivity contribution in [3.63, 3.8) is 0 Å². The maximum atomic E-state index is 5.68. The smallest absolute Gasteiger partial charge is 0.107 e. The highest BCUT2D eigenvalue weighted by molar-refractivity contribution is 9.10. The molecule has 1 aliphatic heterocycles. The lowest BCUT2D eigenvalue weighted by Gasteiger charge is -2.11. The molecule has 1 aliphatic rings. The van der Waals surface area contributed by atoms with Crippen LogP contribution in [0.2, 0.25) is 0 Å². The van der Waals surface area contributed by atoms with Crippen LogP contribution in [-0.4, -0.2) is 18.8 Å². The van der Waals surface area contributed by atoms with Crippen LogP contribution in [0.25, 0.3) is 0 Å². The van der Waals surface area contributed by atoms with E-state index in [0.29, 0.717) is 12.7 Å². The van der Waals surface area contributed by atoms with E-state index < -0.39 is 0 Å². The van der Waals surface area contributed by atoms with Crippen molar-refractivity contribution >= 4 is 15.9 Å². The number of rotatable bonds is 4. The minimum atomic E-state index is 0.196. The summed E-state index contributed by atoms with van der Waals surface area (Å²) < 4.78 is 11.9. The molecule has 0 N–H and O–H groups in total. The van der Waals surface area contributed by atoms with Crippen molar-refractivity contribution in [1.82, 2.24) is 0 Å². The Labute approximate surface area is 92.3 Å². The molecule has 3 heteroatoms. The van der Waals surface area contributed by atoms with Gasteiger partial charge in [-0.05, 0) is 18.6 Å². The maximum absolute atomic E-state index is 5.68. The second-order valence-electron chi connectivity index (χ2n) is 3.48. The van der Waals surface area contributed by atoms with Crippen LogP contribution in [0.4, 0.5) is 0 Å². The lowest BCUT2D eigenvalue weighted by Crippen LogP contribution is -2.15. The van der Waals surface area contributed by atoms with Crippen LogP contribution in [0.3, 0.4) is 0 Å². The van der Waals surface area contributed by atoms with Gasteiger partial charge in [0.2, 0.25) is 0 Å². The Morgan fingerprint density at radius 2 is 2.29 bits per heavy atom. The highest BCUT2D eigenvalue weighted by Crippen LogP contribution is 2.21. The van der Waals surface area contributed by atoms with Crippen molar-refractivity contribution in [3.05, 3.63) is 34.3 Å². The minimum Gasteiger partial charge on any atom is -0.371 e. The van der Waals surface area contributed by atoms with Crippen molar-refractivity contribution in [2.75, 3.05) is 6.61 Å². The number of hydrogen-bond donors (Lipinski definition) is 0. The fourth-order valence-electron chi connectivity index (χ4n) is 1.27. The lowest BCUT2D eigenvalue weighted by atomic mass is 10.2. The van der Waals surface area contributed by atoms with E-state index in [1.165, 1.54) is 5.56 Å². The Balaban J connectivity index is 1.87. The van der Waals surface area contributed by atoms with Gasteiger partial charge in [0.25, 0.3) is 0 Å². The fourth-order valence-corrected chi connectivity index (χ4v) is 1.67. The van der Waals surface area contributed by atoms with E-state index in [2.05, 4.69) is 28.9 Å². The number of epoxide rings is 1. The highest BCUT2D eigenvalue weighted by atomic mass is 79.9. The Morgan fingerprint density at radius 1 is 1.57 bits per heavy atom. The third-order valence-electron chi connectivity index (χ3n) is 2.34. The first-order chi connectivity index (χ1) is 6.77. The summed E-state index contributed by atoms with van der Waals surface area (Å²) in [5.41, 5.74) is 1.18. The highest BCUT2D eigenvalue weighted by Gasteiger charge is 2.30. The molecule has 1 saturated heterocycles. The predicted molar refractivity (Wildman–Crippen MR) is 58.1 cm³/mol. The average molecular weight is 257 g/mol. The summed E-state index contributed by atoms with van der Waals surface area (Å²) in [5.74, 6) is 0. The second-order valence-corrected chi connectivity index (χ2v) is 4.33. The fraction of sp³-hybridized carbons (Fsp3) is 0.455. The molecule has 0 amide bonds. The molecular weight excluding hydrogens is 244 g/mol. The van der Waals surface area contributed by atoms with Gasteiger partial charge in [-0.1, -0.05) is 34.1 Å². The number of ether oxygens (including phenoxy) is 2. The van der Waals surface area contributed by atoms with Gasteiger partial charge in [0, 0.05) is 4.47 Å². The molecule has 0 unspecified atom stereocenters. The van der Waals surface area contributed by atoms with Crippen molar-refractivity contribution in [2.24, 2.45) is 0 Å². The molecule has 2 atom stereocenters. The summed E-state index contributed by atoms with van der Waals surface area (Å²) in [4.78, 5) is 0. The van der Waals surface area contributed by atoms with E-state index in [4.69, 9.17) is 9.47 Å². The van der Waals surface area contributed by atoms with Crippen LogP contribution < -0.4 is 0 Å². The third-order valence-corrected chi connectivity index (χ3v) is 3.12. The zero-order chi connectivity index (χ0) is 9.97. The lowest BCUT2D eigenvalue weighted by molar-refractivity contribution is 0.0337. The monoisotopic (exact) mass is 256 g/mol. The summed E-state index contributed by atoms with van der Waals surface area (Å²) in [6.07, 6.45) is 0.514. The average Bonchev–Trinajstić information content (AvgIpc) is 2.99. The molecule has 0 radical (unpaired) electrons. The normalized spacial score (nSPS) is 22.0. The van der Waals surface area contributed by atoms with Gasteiger partial charge in [0.1, 0.15) is 6.10 Å². The molecule has 0 bridgehead atoms. The number of halogens is 1. The van der Waals surface area contributed by atoms with Crippen LogP contribution in [0.1, 0.15) is 12.5 Å². The van der Waals surface area contributed by atoms with E-state index in [-0.39, 0.29) is 6.10 Å². The van der Waals surface area contributed by atoms with Gasteiger partial charge >= 0.3 is 0 Å². The minimum absolute atomic E-state index is 0.196. The van der Waals surface area contributed by atoms with Gasteiger partial charge in [-0.3, -0.25) is 0 Å². The summed E-state index contributed by atoms with van der Waals surface area (Å²) in [6.45, 7) is 3.54. The summed E-state index contributed by atoms with van der Waals surface area (Å²) in [5, 5.41) is 0. The molecule has 1 aromatic rings. The topological polar surface area (TPSA) is 21.8 Å². The summed E-state index contributed by atoms with van der Waals surface area (Å²) >= 11 is 3.49. The first kappa shape index (κ1) is 10.1. The Bertz CT molecular complexity index is 310. The zero-order valence-corrected chi connectivity index (χ0v) is 9.66. The van der Waals surface area contributed by atoms with Gasteiger partial charge in [-0.2, -0.15) is 0 Å². The van der Waals surface area contributed by atoms with Crippen molar-refractivity contribution in [2.45, 2.75) is 25.7 Å². The quantitative estimate of drug-likeness (QED) is 0.773. The molecule has 0 spiro atoms. The Kier molecular flexibility index (Phi) is 3.21. The molecule has 0 aromatic heterocycles. The van der Waals surface area contributed by atoms with E-state index >= 15 is 0 Å². The maximum Gasteiger partial charge on any atom is 0.107 e. The van der Waals surface area contributed by atoms with Crippen molar-refractivity contribution in [3.8, 4) is 0 Å². The molecule has 1 heterocycles. The SMILES string of the molecule is C[C@H](OCc1ccccc1Br)[C@@H]1CO1.